The van der Waals surface area contributed by atoms with Crippen LogP contribution in [0.3, 0.4) is 0 Å². The maximum absolute atomic E-state index is 12.1. The van der Waals surface area contributed by atoms with Gasteiger partial charge in [-0.25, -0.2) is 4.79 Å². The fourth-order valence-electron chi connectivity index (χ4n) is 0.533. The van der Waals surface area contributed by atoms with Gasteiger partial charge in [0, 0.05) is 6.08 Å². The molecule has 0 atom stereocenters. The molecule has 0 heterocycles. The van der Waals surface area contributed by atoms with Crippen LogP contribution in [-0.4, -0.2) is 30.4 Å². The minimum atomic E-state index is -3.35. The molecular formula is C8H10F2O4S. The van der Waals surface area contributed by atoms with Crippen LogP contribution >= 0.6 is 12.6 Å². The smallest absolute Gasteiger partial charge is 0.330 e. The molecule has 0 radical (unpaired) electrons. The van der Waals surface area contributed by atoms with Crippen molar-refractivity contribution in [2.24, 2.45) is 0 Å². The summed E-state index contributed by atoms with van der Waals surface area (Å²) in [7, 11) is 0. The molecule has 0 aliphatic rings. The molecule has 0 aliphatic carbocycles. The average molecular weight is 240 g/mol. The lowest BCUT2D eigenvalue weighted by molar-refractivity contribution is -0.151. The topological polar surface area (TPSA) is 52.6 Å². The highest BCUT2D eigenvalue weighted by Crippen LogP contribution is 2.17. The van der Waals surface area contributed by atoms with E-state index >= 15 is 0 Å². The van der Waals surface area contributed by atoms with E-state index in [1.807, 2.05) is 0 Å². The summed E-state index contributed by atoms with van der Waals surface area (Å²) in [6, 6.07) is 0. The van der Waals surface area contributed by atoms with Gasteiger partial charge in [0.2, 0.25) is 0 Å². The van der Waals surface area contributed by atoms with Crippen molar-refractivity contribution in [2.45, 2.75) is 11.7 Å². The summed E-state index contributed by atoms with van der Waals surface area (Å²) in [4.78, 5) is 21.2. The fourth-order valence-corrected chi connectivity index (χ4v) is 0.598. The standard InChI is InChI=1S/C8H10F2O4S/c1-2-6(11)13-4-3-7(12)14-5-8(9,10)15/h2,15H,1,3-5H2. The van der Waals surface area contributed by atoms with Crippen molar-refractivity contribution >= 4 is 24.6 Å². The predicted molar refractivity (Wildman–Crippen MR) is 50.7 cm³/mol. The van der Waals surface area contributed by atoms with Crippen molar-refractivity contribution in [1.82, 2.24) is 0 Å². The highest BCUT2D eigenvalue weighted by molar-refractivity contribution is 7.81. The van der Waals surface area contributed by atoms with Crippen LogP contribution in [0.15, 0.2) is 12.7 Å². The van der Waals surface area contributed by atoms with Crippen molar-refractivity contribution in [1.29, 1.82) is 0 Å². The largest absolute Gasteiger partial charge is 0.462 e. The molecule has 0 rings (SSSR count). The molecule has 86 valence electrons. The first kappa shape index (κ1) is 13.9. The van der Waals surface area contributed by atoms with Gasteiger partial charge >= 0.3 is 17.2 Å². The van der Waals surface area contributed by atoms with E-state index in [-0.39, 0.29) is 13.0 Å². The molecule has 7 heteroatoms. The summed E-state index contributed by atoms with van der Waals surface area (Å²) < 4.78 is 32.7. The summed E-state index contributed by atoms with van der Waals surface area (Å²) in [5, 5.41) is -3.35. The number of ether oxygens (including phenoxy) is 2. The number of carbonyl (C=O) groups excluding carboxylic acids is 2. The van der Waals surface area contributed by atoms with Gasteiger partial charge in [-0.1, -0.05) is 6.58 Å². The van der Waals surface area contributed by atoms with Crippen molar-refractivity contribution in [3.8, 4) is 0 Å². The molecule has 0 saturated heterocycles. The van der Waals surface area contributed by atoms with Gasteiger partial charge in [-0.2, -0.15) is 8.78 Å². The Morgan fingerprint density at radius 3 is 2.47 bits per heavy atom. The zero-order valence-electron chi connectivity index (χ0n) is 7.74. The molecule has 0 unspecified atom stereocenters. The Labute approximate surface area is 90.6 Å². The summed E-state index contributed by atoms with van der Waals surface area (Å²) in [5.41, 5.74) is 0. The molecule has 0 N–H and O–H groups in total. The Hall–Kier alpha value is -1.11. The Morgan fingerprint density at radius 2 is 2.00 bits per heavy atom. The third-order valence-electron chi connectivity index (χ3n) is 1.12. The molecule has 0 aromatic carbocycles. The normalized spacial score (nSPS) is 10.6. The van der Waals surface area contributed by atoms with Crippen molar-refractivity contribution < 1.29 is 27.8 Å². The lowest BCUT2D eigenvalue weighted by atomic mass is 10.4. The molecular weight excluding hydrogens is 230 g/mol. The lowest BCUT2D eigenvalue weighted by Crippen LogP contribution is -2.20. The zero-order chi connectivity index (χ0) is 11.9. The van der Waals surface area contributed by atoms with Crippen LogP contribution in [0, 0.1) is 0 Å². The minimum Gasteiger partial charge on any atom is -0.462 e. The van der Waals surface area contributed by atoms with E-state index in [0.717, 1.165) is 6.08 Å². The first-order valence-electron chi connectivity index (χ1n) is 3.90. The zero-order valence-corrected chi connectivity index (χ0v) is 8.64. The third-order valence-corrected chi connectivity index (χ3v) is 1.25. The number of hydrogen-bond acceptors (Lipinski definition) is 5. The monoisotopic (exact) mass is 240 g/mol. The molecule has 15 heavy (non-hydrogen) atoms. The van der Waals surface area contributed by atoms with Crippen LogP contribution in [0.1, 0.15) is 6.42 Å². The van der Waals surface area contributed by atoms with Gasteiger partial charge in [-0.15, -0.1) is 12.6 Å². The van der Waals surface area contributed by atoms with E-state index in [4.69, 9.17) is 0 Å². The van der Waals surface area contributed by atoms with Crippen LogP contribution in [0.5, 0.6) is 0 Å². The molecule has 0 aromatic heterocycles. The van der Waals surface area contributed by atoms with Crippen LogP contribution < -0.4 is 0 Å². The molecule has 0 fully saturated rings. The second kappa shape index (κ2) is 6.39. The maximum atomic E-state index is 12.1. The second-order valence-electron chi connectivity index (χ2n) is 2.45. The summed E-state index contributed by atoms with van der Waals surface area (Å²) >= 11 is 2.86. The highest BCUT2D eigenvalue weighted by Gasteiger charge is 2.24. The Bertz CT molecular complexity index is 250. The van der Waals surface area contributed by atoms with Gasteiger partial charge < -0.3 is 9.47 Å². The minimum absolute atomic E-state index is 0.234. The average Bonchev–Trinajstić information content (AvgIpc) is 2.13. The number of carbonyl (C=O) groups is 2. The number of alkyl halides is 2. The third kappa shape index (κ3) is 9.20. The molecule has 0 aliphatic heterocycles. The molecule has 0 amide bonds. The Kier molecular flexibility index (Phi) is 5.92. The van der Waals surface area contributed by atoms with Gasteiger partial charge in [0.05, 0.1) is 6.42 Å². The predicted octanol–water partition coefficient (Wildman–Crippen LogP) is 1.17. The highest BCUT2D eigenvalue weighted by atomic mass is 32.1. The van der Waals surface area contributed by atoms with E-state index in [1.54, 1.807) is 0 Å². The summed E-state index contributed by atoms with van der Waals surface area (Å²) in [5.74, 6) is -1.58. The van der Waals surface area contributed by atoms with Gasteiger partial charge in [0.15, 0.2) is 6.61 Å². The number of halogens is 2. The van der Waals surface area contributed by atoms with E-state index in [0.29, 0.717) is 0 Å². The van der Waals surface area contributed by atoms with E-state index in [1.165, 1.54) is 0 Å². The van der Waals surface area contributed by atoms with Crippen LogP contribution in [-0.2, 0) is 19.1 Å². The van der Waals surface area contributed by atoms with E-state index < -0.39 is 23.8 Å². The van der Waals surface area contributed by atoms with E-state index in [2.05, 4.69) is 28.7 Å². The number of thiol groups is 1. The van der Waals surface area contributed by atoms with Gasteiger partial charge in [-0.05, 0) is 0 Å². The summed E-state index contributed by atoms with van der Waals surface area (Å²) in [6.45, 7) is 1.79. The van der Waals surface area contributed by atoms with Crippen LogP contribution in [0.25, 0.3) is 0 Å². The SMILES string of the molecule is C=CC(=O)OCCC(=O)OCC(F)(F)S. The first-order valence-corrected chi connectivity index (χ1v) is 4.35. The van der Waals surface area contributed by atoms with Gasteiger partial charge in [0.1, 0.15) is 6.61 Å². The quantitative estimate of drug-likeness (QED) is 0.430. The lowest BCUT2D eigenvalue weighted by Gasteiger charge is -2.09. The Morgan fingerprint density at radius 1 is 1.40 bits per heavy atom. The number of esters is 2. The maximum Gasteiger partial charge on any atom is 0.330 e. The number of rotatable bonds is 6. The van der Waals surface area contributed by atoms with Crippen molar-refractivity contribution in [3.63, 3.8) is 0 Å². The van der Waals surface area contributed by atoms with E-state index in [9.17, 15) is 18.4 Å². The molecule has 0 spiro atoms. The second-order valence-corrected chi connectivity index (χ2v) is 3.10. The molecule has 4 nitrogen and oxygen atoms in total. The first-order chi connectivity index (χ1) is 6.85. The fraction of sp³-hybridized carbons (Fsp3) is 0.500. The van der Waals surface area contributed by atoms with Crippen molar-refractivity contribution in [3.05, 3.63) is 12.7 Å². The Balaban J connectivity index is 3.59. The number of hydrogen-bond donors (Lipinski definition) is 1. The molecule has 0 saturated carbocycles. The molecule has 0 aromatic rings. The van der Waals surface area contributed by atoms with Gasteiger partial charge in [-0.3, -0.25) is 4.79 Å². The van der Waals surface area contributed by atoms with Crippen molar-refractivity contribution in [2.75, 3.05) is 13.2 Å². The summed E-state index contributed by atoms with van der Waals surface area (Å²) in [6.07, 6.45) is 0.636. The van der Waals surface area contributed by atoms with Crippen LogP contribution in [0.4, 0.5) is 8.78 Å². The van der Waals surface area contributed by atoms with Gasteiger partial charge in [0.25, 0.3) is 0 Å². The molecule has 0 bridgehead atoms. The van der Waals surface area contributed by atoms with Crippen LogP contribution in [0.2, 0.25) is 0 Å².